The van der Waals surface area contributed by atoms with Crippen LogP contribution in [0.1, 0.15) is 56.9 Å². The van der Waals surface area contributed by atoms with Crippen LogP contribution in [0.15, 0.2) is 18.2 Å². The zero-order valence-electron chi connectivity index (χ0n) is 15.4. The van der Waals surface area contributed by atoms with E-state index in [1.165, 1.54) is 0 Å². The Labute approximate surface area is 159 Å². The maximum atomic E-state index is 12.1. The third-order valence-corrected chi connectivity index (χ3v) is 5.70. The lowest BCUT2D eigenvalue weighted by molar-refractivity contribution is -0.178. The molecular formula is C22H24O5. The van der Waals surface area contributed by atoms with E-state index in [4.69, 9.17) is 14.2 Å². The third-order valence-electron chi connectivity index (χ3n) is 5.70. The molecule has 0 radical (unpaired) electrons. The van der Waals surface area contributed by atoms with Gasteiger partial charge < -0.3 is 14.2 Å². The second-order valence-corrected chi connectivity index (χ2v) is 7.57. The van der Waals surface area contributed by atoms with Crippen LogP contribution in [0.5, 0.6) is 11.5 Å². The molecule has 1 aromatic carbocycles. The molecule has 0 spiro atoms. The molecule has 1 saturated carbocycles. The van der Waals surface area contributed by atoms with Crippen molar-refractivity contribution in [1.82, 2.24) is 0 Å². The van der Waals surface area contributed by atoms with Crippen LogP contribution in [0, 0.1) is 17.8 Å². The van der Waals surface area contributed by atoms with Gasteiger partial charge in [0.05, 0.1) is 0 Å². The van der Waals surface area contributed by atoms with Crippen LogP contribution in [0.25, 0.3) is 0 Å². The van der Waals surface area contributed by atoms with Crippen LogP contribution in [0.2, 0.25) is 0 Å². The Morgan fingerprint density at radius 3 is 2.63 bits per heavy atom. The Morgan fingerprint density at radius 1 is 1.07 bits per heavy atom. The molecule has 2 fully saturated rings. The highest BCUT2D eigenvalue weighted by molar-refractivity contribution is 5.98. The molecule has 1 atom stereocenters. The highest BCUT2D eigenvalue weighted by Crippen LogP contribution is 2.43. The molecule has 1 unspecified atom stereocenters. The summed E-state index contributed by atoms with van der Waals surface area (Å²) in [4.78, 5) is 24.0. The molecule has 1 aliphatic carbocycles. The molecule has 5 nitrogen and oxygen atoms in total. The Hall–Kier alpha value is -2.48. The van der Waals surface area contributed by atoms with Gasteiger partial charge in [0.2, 0.25) is 0 Å². The maximum absolute atomic E-state index is 12.1. The predicted molar refractivity (Wildman–Crippen MR) is 98.6 cm³/mol. The quantitative estimate of drug-likeness (QED) is 0.465. The Morgan fingerprint density at radius 2 is 1.85 bits per heavy atom. The molecule has 0 amide bonds. The van der Waals surface area contributed by atoms with Crippen molar-refractivity contribution >= 4 is 11.8 Å². The lowest BCUT2D eigenvalue weighted by Gasteiger charge is -2.40. The molecule has 142 valence electrons. The van der Waals surface area contributed by atoms with E-state index in [9.17, 15) is 9.59 Å². The van der Waals surface area contributed by atoms with Crippen molar-refractivity contribution in [2.75, 3.05) is 13.2 Å². The van der Waals surface area contributed by atoms with Gasteiger partial charge in [-0.05, 0) is 43.4 Å². The summed E-state index contributed by atoms with van der Waals surface area (Å²) in [5.41, 5.74) is 0.218. The first-order valence-corrected chi connectivity index (χ1v) is 9.77. The van der Waals surface area contributed by atoms with Crippen molar-refractivity contribution in [3.8, 4) is 23.3 Å². The zero-order chi connectivity index (χ0) is 18.7. The number of ketones is 1. The fourth-order valence-electron chi connectivity index (χ4n) is 4.44. The molecule has 0 bridgehead atoms. The standard InChI is InChI=1S/C22H24O5/c23-18-14-21(24)27-22(15-18,17-6-1-2-7-17)10-4-3-5-16-8-9-19-20(13-16)26-12-11-25-19/h8-9,13,17H,1-2,4,6-7,10-12,14-15H2. The van der Waals surface area contributed by atoms with Gasteiger partial charge in [0.25, 0.3) is 0 Å². The van der Waals surface area contributed by atoms with E-state index in [1.807, 2.05) is 18.2 Å². The van der Waals surface area contributed by atoms with Crippen molar-refractivity contribution in [2.45, 2.75) is 57.0 Å². The fourth-order valence-corrected chi connectivity index (χ4v) is 4.44. The number of carbonyl (C=O) groups excluding carboxylic acids is 2. The zero-order valence-corrected chi connectivity index (χ0v) is 15.4. The molecule has 0 N–H and O–H groups in total. The number of esters is 1. The van der Waals surface area contributed by atoms with E-state index in [1.54, 1.807) is 0 Å². The van der Waals surface area contributed by atoms with Gasteiger partial charge in [-0.1, -0.05) is 24.7 Å². The van der Waals surface area contributed by atoms with Crippen molar-refractivity contribution in [3.05, 3.63) is 23.8 Å². The van der Waals surface area contributed by atoms with Gasteiger partial charge in [-0.2, -0.15) is 0 Å². The number of ether oxygens (including phenoxy) is 3. The lowest BCUT2D eigenvalue weighted by Crippen LogP contribution is -2.47. The van der Waals surface area contributed by atoms with Gasteiger partial charge in [-0.3, -0.25) is 9.59 Å². The topological polar surface area (TPSA) is 61.8 Å². The van der Waals surface area contributed by atoms with E-state index in [0.717, 1.165) is 42.7 Å². The number of fused-ring (bicyclic) bond motifs is 1. The molecule has 1 saturated heterocycles. The fraction of sp³-hybridized carbons (Fsp3) is 0.545. The van der Waals surface area contributed by atoms with Crippen LogP contribution >= 0.6 is 0 Å². The predicted octanol–water partition coefficient (Wildman–Crippen LogP) is 3.42. The van der Waals surface area contributed by atoms with Gasteiger partial charge in [-0.15, -0.1) is 0 Å². The van der Waals surface area contributed by atoms with Crippen LogP contribution < -0.4 is 9.47 Å². The second-order valence-electron chi connectivity index (χ2n) is 7.57. The summed E-state index contributed by atoms with van der Waals surface area (Å²) >= 11 is 0. The van der Waals surface area contributed by atoms with Crippen molar-refractivity contribution in [2.24, 2.45) is 5.92 Å². The first-order chi connectivity index (χ1) is 13.1. The summed E-state index contributed by atoms with van der Waals surface area (Å²) in [6.07, 6.45) is 5.79. The molecule has 0 aromatic heterocycles. The van der Waals surface area contributed by atoms with Crippen molar-refractivity contribution < 1.29 is 23.8 Å². The van der Waals surface area contributed by atoms with Crippen molar-refractivity contribution in [1.29, 1.82) is 0 Å². The molecule has 2 aliphatic heterocycles. The number of Topliss-reactive ketones (excluding diaryl/α,β-unsaturated/α-hetero) is 1. The largest absolute Gasteiger partial charge is 0.486 e. The molecular weight excluding hydrogens is 344 g/mol. The minimum absolute atomic E-state index is 0.00190. The maximum Gasteiger partial charge on any atom is 0.313 e. The summed E-state index contributed by atoms with van der Waals surface area (Å²) < 4.78 is 16.9. The van der Waals surface area contributed by atoms with Crippen molar-refractivity contribution in [3.63, 3.8) is 0 Å². The number of cyclic esters (lactones) is 1. The van der Waals surface area contributed by atoms with Crippen LogP contribution in [0.3, 0.4) is 0 Å². The normalized spacial score (nSPS) is 24.9. The average Bonchev–Trinajstić information content (AvgIpc) is 3.20. The van der Waals surface area contributed by atoms with Gasteiger partial charge in [0.15, 0.2) is 11.5 Å². The summed E-state index contributed by atoms with van der Waals surface area (Å²) in [5, 5.41) is 0. The number of hydrogen-bond donors (Lipinski definition) is 0. The number of carbonyl (C=O) groups is 2. The summed E-state index contributed by atoms with van der Waals surface area (Å²) in [6, 6.07) is 5.68. The van der Waals surface area contributed by atoms with E-state index in [2.05, 4.69) is 11.8 Å². The minimum Gasteiger partial charge on any atom is -0.486 e. The summed E-state index contributed by atoms with van der Waals surface area (Å²) in [5.74, 6) is 7.71. The second kappa shape index (κ2) is 7.64. The molecule has 1 aromatic rings. The molecule has 3 aliphatic rings. The first-order valence-electron chi connectivity index (χ1n) is 9.77. The van der Waals surface area contributed by atoms with Crippen LogP contribution in [-0.4, -0.2) is 30.6 Å². The molecule has 27 heavy (non-hydrogen) atoms. The molecule has 2 heterocycles. The Kier molecular flexibility index (Phi) is 5.07. The lowest BCUT2D eigenvalue weighted by atomic mass is 9.76. The Bertz CT molecular complexity index is 779. The van der Waals surface area contributed by atoms with Gasteiger partial charge >= 0.3 is 5.97 Å². The highest BCUT2D eigenvalue weighted by Gasteiger charge is 2.47. The number of hydrogen-bond acceptors (Lipinski definition) is 5. The number of rotatable bonds is 3. The third kappa shape index (κ3) is 3.95. The van der Waals surface area contributed by atoms with Crippen LogP contribution in [-0.2, 0) is 14.3 Å². The average molecular weight is 368 g/mol. The van der Waals surface area contributed by atoms with E-state index in [0.29, 0.717) is 32.5 Å². The van der Waals surface area contributed by atoms with Gasteiger partial charge in [0.1, 0.15) is 31.0 Å². The first kappa shape index (κ1) is 17.9. The van der Waals surface area contributed by atoms with E-state index in [-0.39, 0.29) is 24.1 Å². The van der Waals surface area contributed by atoms with E-state index < -0.39 is 5.60 Å². The monoisotopic (exact) mass is 368 g/mol. The Balaban J connectivity index is 1.45. The molecule has 5 heteroatoms. The minimum atomic E-state index is -0.648. The highest BCUT2D eigenvalue weighted by atomic mass is 16.6. The van der Waals surface area contributed by atoms with Gasteiger partial charge in [-0.25, -0.2) is 0 Å². The summed E-state index contributed by atoms with van der Waals surface area (Å²) in [7, 11) is 0. The van der Waals surface area contributed by atoms with E-state index >= 15 is 0 Å². The van der Waals surface area contributed by atoms with Crippen LogP contribution in [0.4, 0.5) is 0 Å². The molecule has 4 rings (SSSR count). The smallest absolute Gasteiger partial charge is 0.313 e. The SMILES string of the molecule is O=C1CC(=O)OC(CCC#Cc2ccc3c(c2)OCCO3)(C2CCCC2)C1. The number of benzene rings is 1. The summed E-state index contributed by atoms with van der Waals surface area (Å²) in [6.45, 7) is 1.12. The van der Waals surface area contributed by atoms with Gasteiger partial charge in [0, 0.05) is 18.4 Å².